The van der Waals surface area contributed by atoms with E-state index in [1.807, 2.05) is 6.92 Å². The predicted octanol–water partition coefficient (Wildman–Crippen LogP) is 2.64. The van der Waals surface area contributed by atoms with Crippen molar-refractivity contribution in [2.75, 3.05) is 25.1 Å². The van der Waals surface area contributed by atoms with Gasteiger partial charge in [-0.3, -0.25) is 4.98 Å². The van der Waals surface area contributed by atoms with Crippen molar-refractivity contribution in [3.8, 4) is 5.75 Å². The first-order chi connectivity index (χ1) is 9.79. The smallest absolute Gasteiger partial charge is 0.160 e. The molecule has 0 aliphatic carbocycles. The lowest BCUT2D eigenvalue weighted by molar-refractivity contribution is 0.413. The van der Waals surface area contributed by atoms with Gasteiger partial charge in [-0.05, 0) is 24.6 Å². The highest BCUT2D eigenvalue weighted by molar-refractivity contribution is 5.71. The maximum Gasteiger partial charge on any atom is 0.160 e. The first-order valence-corrected chi connectivity index (χ1v) is 6.86. The van der Waals surface area contributed by atoms with Gasteiger partial charge >= 0.3 is 0 Å². The van der Waals surface area contributed by atoms with E-state index < -0.39 is 0 Å². The van der Waals surface area contributed by atoms with Gasteiger partial charge in [0.25, 0.3) is 0 Å². The summed E-state index contributed by atoms with van der Waals surface area (Å²) in [5.74, 6) is 0.812. The van der Waals surface area contributed by atoms with E-state index in [0.717, 1.165) is 36.8 Å². The summed E-state index contributed by atoms with van der Waals surface area (Å²) in [4.78, 5) is 6.63. The molecule has 20 heavy (non-hydrogen) atoms. The Kier molecular flexibility index (Phi) is 3.56. The topological polar surface area (TPSA) is 37.4 Å². The second kappa shape index (κ2) is 5.51. The zero-order chi connectivity index (χ0) is 13.9. The van der Waals surface area contributed by atoms with Crippen LogP contribution < -0.4 is 15.0 Å². The standard InChI is InChI=1S/C16H19N3O/c1-12-9-15(16(20-2)11-18-12)19-8-7-17-10-13-5-3-4-6-14(13)19/h3-6,9,11,17H,7-8,10H2,1-2H3. The Morgan fingerprint density at radius 2 is 2.10 bits per heavy atom. The van der Waals surface area contributed by atoms with Gasteiger partial charge in [-0.15, -0.1) is 0 Å². The number of fused-ring (bicyclic) bond motifs is 1. The minimum Gasteiger partial charge on any atom is -0.493 e. The molecule has 0 amide bonds. The number of nitrogens with zero attached hydrogens (tertiary/aromatic N) is 2. The predicted molar refractivity (Wildman–Crippen MR) is 80.7 cm³/mol. The molecule has 104 valence electrons. The lowest BCUT2D eigenvalue weighted by atomic mass is 10.1. The van der Waals surface area contributed by atoms with Crippen LogP contribution in [0, 0.1) is 6.92 Å². The van der Waals surface area contributed by atoms with Crippen molar-refractivity contribution in [2.45, 2.75) is 13.5 Å². The van der Waals surface area contributed by atoms with Crippen LogP contribution in [-0.4, -0.2) is 25.2 Å². The summed E-state index contributed by atoms with van der Waals surface area (Å²) in [5, 5.41) is 3.46. The van der Waals surface area contributed by atoms with Crippen molar-refractivity contribution in [3.05, 3.63) is 47.8 Å². The van der Waals surface area contributed by atoms with E-state index >= 15 is 0 Å². The van der Waals surface area contributed by atoms with Crippen molar-refractivity contribution in [3.63, 3.8) is 0 Å². The van der Waals surface area contributed by atoms with Crippen molar-refractivity contribution < 1.29 is 4.74 Å². The lowest BCUT2D eigenvalue weighted by Gasteiger charge is -2.26. The fourth-order valence-electron chi connectivity index (χ4n) is 2.61. The molecule has 0 saturated heterocycles. The highest BCUT2D eigenvalue weighted by Gasteiger charge is 2.19. The third-order valence-corrected chi connectivity index (χ3v) is 3.60. The van der Waals surface area contributed by atoms with Crippen LogP contribution in [0.2, 0.25) is 0 Å². The minimum absolute atomic E-state index is 0.812. The van der Waals surface area contributed by atoms with E-state index in [0.29, 0.717) is 0 Å². The third kappa shape index (κ3) is 2.34. The number of para-hydroxylation sites is 1. The summed E-state index contributed by atoms with van der Waals surface area (Å²) >= 11 is 0. The molecule has 1 aromatic heterocycles. The second-order valence-corrected chi connectivity index (χ2v) is 4.95. The molecule has 1 aromatic carbocycles. The van der Waals surface area contributed by atoms with E-state index in [1.165, 1.54) is 11.3 Å². The summed E-state index contributed by atoms with van der Waals surface area (Å²) in [7, 11) is 1.69. The molecule has 2 aromatic rings. The van der Waals surface area contributed by atoms with Crippen LogP contribution in [0.15, 0.2) is 36.5 Å². The second-order valence-electron chi connectivity index (χ2n) is 4.95. The number of anilines is 2. The summed E-state index contributed by atoms with van der Waals surface area (Å²) in [5.41, 5.74) is 4.62. The molecule has 0 unspecified atom stereocenters. The first-order valence-electron chi connectivity index (χ1n) is 6.86. The van der Waals surface area contributed by atoms with Crippen LogP contribution in [0.5, 0.6) is 5.75 Å². The van der Waals surface area contributed by atoms with Gasteiger partial charge in [0.05, 0.1) is 19.0 Å². The quantitative estimate of drug-likeness (QED) is 0.909. The number of rotatable bonds is 2. The molecule has 1 aliphatic rings. The van der Waals surface area contributed by atoms with Gasteiger partial charge in [-0.2, -0.15) is 0 Å². The Labute approximate surface area is 119 Å². The van der Waals surface area contributed by atoms with Crippen LogP contribution in [0.4, 0.5) is 11.4 Å². The van der Waals surface area contributed by atoms with Crippen molar-refractivity contribution in [1.29, 1.82) is 0 Å². The summed E-state index contributed by atoms with van der Waals surface area (Å²) in [6.45, 7) is 4.76. The molecule has 0 bridgehead atoms. The van der Waals surface area contributed by atoms with Crippen molar-refractivity contribution in [1.82, 2.24) is 10.3 Å². The maximum absolute atomic E-state index is 5.48. The van der Waals surface area contributed by atoms with E-state index in [1.54, 1.807) is 13.3 Å². The minimum atomic E-state index is 0.812. The number of hydrogen-bond acceptors (Lipinski definition) is 4. The number of aromatic nitrogens is 1. The summed E-state index contributed by atoms with van der Waals surface area (Å²) in [6, 6.07) is 10.6. The van der Waals surface area contributed by atoms with Gasteiger partial charge in [0.2, 0.25) is 0 Å². The largest absolute Gasteiger partial charge is 0.493 e. The molecule has 0 atom stereocenters. The maximum atomic E-state index is 5.48. The normalized spacial score (nSPS) is 14.6. The van der Waals surface area contributed by atoms with E-state index in [4.69, 9.17) is 4.74 Å². The van der Waals surface area contributed by atoms with Gasteiger partial charge < -0.3 is 15.0 Å². The zero-order valence-corrected chi connectivity index (χ0v) is 11.9. The van der Waals surface area contributed by atoms with E-state index in [9.17, 15) is 0 Å². The zero-order valence-electron chi connectivity index (χ0n) is 11.9. The molecular weight excluding hydrogens is 250 g/mol. The average molecular weight is 269 g/mol. The average Bonchev–Trinajstić information content (AvgIpc) is 2.69. The van der Waals surface area contributed by atoms with Gasteiger partial charge in [-0.25, -0.2) is 0 Å². The van der Waals surface area contributed by atoms with Gasteiger partial charge in [-0.1, -0.05) is 18.2 Å². The molecule has 0 saturated carbocycles. The van der Waals surface area contributed by atoms with Crippen LogP contribution >= 0.6 is 0 Å². The molecule has 1 aliphatic heterocycles. The Morgan fingerprint density at radius 1 is 1.25 bits per heavy atom. The number of hydrogen-bond donors (Lipinski definition) is 1. The van der Waals surface area contributed by atoms with Crippen LogP contribution in [0.1, 0.15) is 11.3 Å². The molecule has 2 heterocycles. The van der Waals surface area contributed by atoms with Crippen molar-refractivity contribution >= 4 is 11.4 Å². The summed E-state index contributed by atoms with van der Waals surface area (Å²) < 4.78 is 5.48. The first kappa shape index (κ1) is 12.9. The van der Waals surface area contributed by atoms with Gasteiger partial charge in [0, 0.05) is 31.0 Å². The SMILES string of the molecule is COc1cnc(C)cc1N1CCNCc2ccccc21. The Hall–Kier alpha value is -2.07. The Balaban J connectivity index is 2.12. The van der Waals surface area contributed by atoms with Gasteiger partial charge in [0.15, 0.2) is 5.75 Å². The molecule has 0 fully saturated rings. The third-order valence-electron chi connectivity index (χ3n) is 3.60. The molecule has 0 spiro atoms. The Bertz CT molecular complexity index is 612. The fourth-order valence-corrected chi connectivity index (χ4v) is 2.61. The number of methoxy groups -OCH3 is 1. The van der Waals surface area contributed by atoms with E-state index in [2.05, 4.69) is 45.5 Å². The summed E-state index contributed by atoms with van der Waals surface area (Å²) in [6.07, 6.45) is 1.80. The van der Waals surface area contributed by atoms with Gasteiger partial charge in [0.1, 0.15) is 0 Å². The molecular formula is C16H19N3O. The van der Waals surface area contributed by atoms with Crippen molar-refractivity contribution in [2.24, 2.45) is 0 Å². The fraction of sp³-hybridized carbons (Fsp3) is 0.312. The monoisotopic (exact) mass is 269 g/mol. The number of pyridine rings is 1. The molecule has 1 N–H and O–H groups in total. The number of nitrogens with one attached hydrogen (secondary N) is 1. The molecule has 3 rings (SSSR count). The molecule has 0 radical (unpaired) electrons. The highest BCUT2D eigenvalue weighted by atomic mass is 16.5. The van der Waals surface area contributed by atoms with E-state index in [-0.39, 0.29) is 0 Å². The number of aryl methyl sites for hydroxylation is 1. The number of ether oxygens (including phenoxy) is 1. The lowest BCUT2D eigenvalue weighted by Crippen LogP contribution is -2.25. The Morgan fingerprint density at radius 3 is 2.95 bits per heavy atom. The molecule has 4 nitrogen and oxygen atoms in total. The van der Waals surface area contributed by atoms with Crippen LogP contribution in [0.25, 0.3) is 0 Å². The number of benzene rings is 1. The molecule has 4 heteroatoms. The van der Waals surface area contributed by atoms with Crippen LogP contribution in [-0.2, 0) is 6.54 Å². The highest BCUT2D eigenvalue weighted by Crippen LogP contribution is 2.35. The van der Waals surface area contributed by atoms with Crippen LogP contribution in [0.3, 0.4) is 0 Å².